The van der Waals surface area contributed by atoms with Crippen molar-refractivity contribution in [3.8, 4) is 5.75 Å². The minimum atomic E-state index is -0.563. The van der Waals surface area contributed by atoms with Gasteiger partial charge in [-0.2, -0.15) is 0 Å². The second-order valence-corrected chi connectivity index (χ2v) is 8.07. The summed E-state index contributed by atoms with van der Waals surface area (Å²) in [4.78, 5) is 27.0. The molecule has 5 nitrogen and oxygen atoms in total. The predicted molar refractivity (Wildman–Crippen MR) is 130 cm³/mol. The molecule has 0 unspecified atom stereocenters. The Labute approximate surface area is 200 Å². The number of hydrogen-bond donors (Lipinski definition) is 1. The van der Waals surface area contributed by atoms with Crippen LogP contribution in [0.3, 0.4) is 0 Å². The number of carbonyl (C=O) groups excluding carboxylic acids is 2. The number of benzene rings is 3. The highest BCUT2D eigenvalue weighted by Crippen LogP contribution is 2.27. The van der Waals surface area contributed by atoms with Gasteiger partial charge in [-0.25, -0.2) is 0 Å². The summed E-state index contributed by atoms with van der Waals surface area (Å²) in [6.45, 7) is 0.234. The van der Waals surface area contributed by atoms with Crippen LogP contribution in [0.15, 0.2) is 78.4 Å². The maximum atomic E-state index is 13.2. The second kappa shape index (κ2) is 9.53. The summed E-state index contributed by atoms with van der Waals surface area (Å²) in [5.41, 5.74) is 1.92. The van der Waals surface area contributed by atoms with Crippen molar-refractivity contribution in [2.45, 2.75) is 6.61 Å². The van der Waals surface area contributed by atoms with Crippen molar-refractivity contribution in [2.24, 2.45) is 0 Å². The van der Waals surface area contributed by atoms with Gasteiger partial charge in [-0.1, -0.05) is 65.7 Å². The molecule has 0 saturated carbocycles. The van der Waals surface area contributed by atoms with Crippen LogP contribution in [0.4, 0.5) is 5.69 Å². The number of ether oxygens (including phenoxy) is 1. The van der Waals surface area contributed by atoms with E-state index in [0.717, 1.165) is 5.56 Å². The number of halogens is 2. The van der Waals surface area contributed by atoms with Crippen LogP contribution in [0, 0.1) is 0 Å². The third-order valence-corrected chi connectivity index (χ3v) is 5.74. The van der Waals surface area contributed by atoms with Crippen LogP contribution < -0.4 is 15.0 Å². The molecule has 8 heteroatoms. The van der Waals surface area contributed by atoms with E-state index in [-0.39, 0.29) is 17.3 Å². The average molecular weight is 483 g/mol. The van der Waals surface area contributed by atoms with E-state index >= 15 is 0 Å². The molecule has 1 saturated heterocycles. The number of thiocarbonyl (C=S) groups is 1. The van der Waals surface area contributed by atoms with E-state index in [2.05, 4.69) is 5.32 Å². The zero-order chi connectivity index (χ0) is 22.7. The molecule has 0 radical (unpaired) electrons. The molecule has 1 N–H and O–H groups in total. The molecule has 3 aromatic carbocycles. The minimum absolute atomic E-state index is 0.0347. The fourth-order valence-electron chi connectivity index (χ4n) is 3.15. The quantitative estimate of drug-likeness (QED) is 0.300. The third kappa shape index (κ3) is 4.67. The van der Waals surface area contributed by atoms with Crippen LogP contribution in [-0.4, -0.2) is 16.9 Å². The van der Waals surface area contributed by atoms with Crippen molar-refractivity contribution in [3.63, 3.8) is 0 Å². The first kappa shape index (κ1) is 22.0. The van der Waals surface area contributed by atoms with Gasteiger partial charge in [0.25, 0.3) is 11.8 Å². The molecule has 3 aromatic rings. The van der Waals surface area contributed by atoms with Crippen molar-refractivity contribution < 1.29 is 14.3 Å². The Morgan fingerprint density at radius 1 is 0.938 bits per heavy atom. The Kier molecular flexibility index (Phi) is 6.55. The van der Waals surface area contributed by atoms with Crippen molar-refractivity contribution in [2.75, 3.05) is 4.90 Å². The van der Waals surface area contributed by atoms with Crippen LogP contribution >= 0.6 is 35.4 Å². The molecule has 1 heterocycles. The van der Waals surface area contributed by atoms with Crippen LogP contribution in [0.2, 0.25) is 10.0 Å². The van der Waals surface area contributed by atoms with Crippen molar-refractivity contribution in [1.82, 2.24) is 5.32 Å². The first-order chi connectivity index (χ1) is 15.4. The lowest BCUT2D eigenvalue weighted by Gasteiger charge is -2.28. The van der Waals surface area contributed by atoms with Crippen LogP contribution in [0.25, 0.3) is 6.08 Å². The van der Waals surface area contributed by atoms with Gasteiger partial charge in [0.2, 0.25) is 0 Å². The monoisotopic (exact) mass is 482 g/mol. The largest absolute Gasteiger partial charge is 0.488 e. The number of para-hydroxylation sites is 2. The number of carbonyl (C=O) groups is 2. The smallest absolute Gasteiger partial charge is 0.270 e. The van der Waals surface area contributed by atoms with Gasteiger partial charge in [0.1, 0.15) is 17.9 Å². The van der Waals surface area contributed by atoms with Gasteiger partial charge in [0.05, 0.1) is 15.7 Å². The minimum Gasteiger partial charge on any atom is -0.488 e. The summed E-state index contributed by atoms with van der Waals surface area (Å²) in [7, 11) is 0. The maximum absolute atomic E-state index is 13.2. The van der Waals surface area contributed by atoms with E-state index in [1.54, 1.807) is 60.7 Å². The molecule has 1 aliphatic rings. The van der Waals surface area contributed by atoms with E-state index in [1.807, 2.05) is 12.1 Å². The molecule has 0 spiro atoms. The SMILES string of the molecule is O=C1NC(=S)N(c2ccccc2)C(=O)/C1=C\c1ccccc1OCc1ccc(Cl)c(Cl)c1. The number of rotatable bonds is 5. The summed E-state index contributed by atoms with van der Waals surface area (Å²) in [5, 5.41) is 3.51. The van der Waals surface area contributed by atoms with Gasteiger partial charge < -0.3 is 4.74 Å². The Balaban J connectivity index is 1.62. The normalized spacial score (nSPS) is 15.1. The van der Waals surface area contributed by atoms with Crippen molar-refractivity contribution >= 4 is 64.1 Å². The first-order valence-electron chi connectivity index (χ1n) is 9.56. The van der Waals surface area contributed by atoms with E-state index in [4.69, 9.17) is 40.2 Å². The van der Waals surface area contributed by atoms with E-state index in [1.165, 1.54) is 11.0 Å². The first-order valence-corrected chi connectivity index (χ1v) is 10.7. The predicted octanol–water partition coefficient (Wildman–Crippen LogP) is 5.40. The molecule has 0 aliphatic carbocycles. The topological polar surface area (TPSA) is 58.6 Å². The van der Waals surface area contributed by atoms with Crippen LogP contribution in [0.5, 0.6) is 5.75 Å². The molecule has 160 valence electrons. The Morgan fingerprint density at radius 2 is 1.66 bits per heavy atom. The van der Waals surface area contributed by atoms with Gasteiger partial charge in [-0.05, 0) is 54.2 Å². The number of anilines is 1. The highest BCUT2D eigenvalue weighted by atomic mass is 35.5. The lowest BCUT2D eigenvalue weighted by atomic mass is 10.1. The zero-order valence-electron chi connectivity index (χ0n) is 16.5. The number of nitrogens with one attached hydrogen (secondary N) is 1. The molecular formula is C24H16Cl2N2O3S. The molecule has 0 atom stereocenters. The van der Waals surface area contributed by atoms with Crippen LogP contribution in [-0.2, 0) is 16.2 Å². The Hall–Kier alpha value is -3.19. The molecular weight excluding hydrogens is 467 g/mol. The summed E-state index contributed by atoms with van der Waals surface area (Å²) >= 11 is 17.3. The second-order valence-electron chi connectivity index (χ2n) is 6.87. The molecule has 0 aromatic heterocycles. The van der Waals surface area contributed by atoms with Gasteiger partial charge in [-0.15, -0.1) is 0 Å². The standard InChI is InChI=1S/C24H16Cl2N2O3S/c25-19-11-10-15(12-20(19)26)14-31-21-9-5-4-6-16(21)13-18-22(29)27-24(32)28(23(18)30)17-7-2-1-3-8-17/h1-13H,14H2,(H,27,29,32)/b18-13-. The fraction of sp³-hybridized carbons (Fsp3) is 0.0417. The number of amides is 2. The average Bonchev–Trinajstić information content (AvgIpc) is 2.78. The number of hydrogen-bond acceptors (Lipinski definition) is 4. The van der Waals surface area contributed by atoms with Gasteiger partial charge in [0, 0.05) is 5.56 Å². The van der Waals surface area contributed by atoms with Gasteiger partial charge in [-0.3, -0.25) is 19.8 Å². The molecule has 1 aliphatic heterocycles. The molecule has 0 bridgehead atoms. The van der Waals surface area contributed by atoms with Gasteiger partial charge >= 0.3 is 0 Å². The highest BCUT2D eigenvalue weighted by molar-refractivity contribution is 7.80. The zero-order valence-corrected chi connectivity index (χ0v) is 18.9. The summed E-state index contributed by atoms with van der Waals surface area (Å²) in [5.74, 6) is -0.568. The van der Waals surface area contributed by atoms with E-state index in [0.29, 0.717) is 27.0 Å². The lowest BCUT2D eigenvalue weighted by Crippen LogP contribution is -2.54. The number of nitrogens with zero attached hydrogens (tertiary/aromatic N) is 1. The molecule has 32 heavy (non-hydrogen) atoms. The van der Waals surface area contributed by atoms with Crippen molar-refractivity contribution in [1.29, 1.82) is 0 Å². The van der Waals surface area contributed by atoms with Gasteiger partial charge in [0.15, 0.2) is 5.11 Å². The van der Waals surface area contributed by atoms with E-state index < -0.39 is 11.8 Å². The fourth-order valence-corrected chi connectivity index (χ4v) is 3.75. The summed E-state index contributed by atoms with van der Waals surface area (Å²) < 4.78 is 5.93. The lowest BCUT2D eigenvalue weighted by molar-refractivity contribution is -0.122. The molecule has 1 fully saturated rings. The molecule has 2 amide bonds. The summed E-state index contributed by atoms with van der Waals surface area (Å²) in [6, 6.07) is 21.2. The third-order valence-electron chi connectivity index (χ3n) is 4.71. The maximum Gasteiger partial charge on any atom is 0.270 e. The Bertz CT molecular complexity index is 1250. The summed E-state index contributed by atoms with van der Waals surface area (Å²) in [6.07, 6.45) is 1.50. The van der Waals surface area contributed by atoms with Crippen LogP contribution in [0.1, 0.15) is 11.1 Å². The van der Waals surface area contributed by atoms with Crippen molar-refractivity contribution in [3.05, 3.63) is 99.5 Å². The highest BCUT2D eigenvalue weighted by Gasteiger charge is 2.34. The Morgan fingerprint density at radius 3 is 2.41 bits per heavy atom. The molecule has 4 rings (SSSR count). The van der Waals surface area contributed by atoms with E-state index in [9.17, 15) is 9.59 Å².